The van der Waals surface area contributed by atoms with Gasteiger partial charge in [-0.1, -0.05) is 30.3 Å². The first-order valence-electron chi connectivity index (χ1n) is 7.10. The van der Waals surface area contributed by atoms with Crippen LogP contribution in [0.25, 0.3) is 0 Å². The highest BCUT2D eigenvalue weighted by Gasteiger charge is 2.35. The molecule has 7 heteroatoms. The van der Waals surface area contributed by atoms with Gasteiger partial charge >= 0.3 is 0 Å². The van der Waals surface area contributed by atoms with Gasteiger partial charge in [0.25, 0.3) is 5.91 Å². The first-order chi connectivity index (χ1) is 10.3. The molecule has 3 rings (SSSR count). The Morgan fingerprint density at radius 2 is 1.91 bits per heavy atom. The number of nitrogens with two attached hydrogens (primary N) is 1. The number of amides is 1. The molecule has 1 aliphatic heterocycles. The molecule has 23 heavy (non-hydrogen) atoms. The standard InChI is InChI=1S/C16H18N4O.2ClH/c17-8-13-10-20(16(21)15-9-18-6-7-19-15)11-14(13)12-4-2-1-3-5-12;;/h1-7,9,13-14H,8,10-11,17H2;2*1H/t13-,14+;;/m1../s1. The zero-order chi connectivity index (χ0) is 14.7. The van der Waals surface area contributed by atoms with Crippen molar-refractivity contribution in [3.8, 4) is 0 Å². The lowest BCUT2D eigenvalue weighted by molar-refractivity contribution is 0.0780. The van der Waals surface area contributed by atoms with Gasteiger partial charge < -0.3 is 10.6 Å². The van der Waals surface area contributed by atoms with Crippen LogP contribution >= 0.6 is 24.8 Å². The molecule has 1 amide bonds. The highest BCUT2D eigenvalue weighted by Crippen LogP contribution is 2.32. The Morgan fingerprint density at radius 1 is 1.17 bits per heavy atom. The summed E-state index contributed by atoms with van der Waals surface area (Å²) in [7, 11) is 0. The van der Waals surface area contributed by atoms with E-state index < -0.39 is 0 Å². The molecule has 0 aliphatic carbocycles. The highest BCUT2D eigenvalue weighted by molar-refractivity contribution is 5.92. The van der Waals surface area contributed by atoms with Crippen molar-refractivity contribution < 1.29 is 4.79 Å². The topological polar surface area (TPSA) is 72.1 Å². The van der Waals surface area contributed by atoms with Crippen LogP contribution in [0, 0.1) is 5.92 Å². The number of halogens is 2. The predicted octanol–water partition coefficient (Wildman–Crippen LogP) is 2.13. The fraction of sp³-hybridized carbons (Fsp3) is 0.312. The minimum absolute atomic E-state index is 0. The van der Waals surface area contributed by atoms with E-state index in [2.05, 4.69) is 22.1 Å². The first-order valence-corrected chi connectivity index (χ1v) is 7.10. The Kier molecular flexibility index (Phi) is 7.42. The smallest absolute Gasteiger partial charge is 0.274 e. The van der Waals surface area contributed by atoms with E-state index in [1.807, 2.05) is 23.1 Å². The fourth-order valence-electron chi connectivity index (χ4n) is 2.93. The molecule has 0 spiro atoms. The maximum Gasteiger partial charge on any atom is 0.274 e. The van der Waals surface area contributed by atoms with E-state index in [0.717, 1.165) is 0 Å². The number of benzene rings is 1. The molecule has 0 saturated carbocycles. The second kappa shape index (κ2) is 8.82. The molecule has 1 aromatic carbocycles. The Hall–Kier alpha value is -1.69. The van der Waals surface area contributed by atoms with E-state index >= 15 is 0 Å². The number of hydrogen-bond acceptors (Lipinski definition) is 4. The summed E-state index contributed by atoms with van der Waals surface area (Å²) in [6.45, 7) is 1.93. The van der Waals surface area contributed by atoms with E-state index in [1.54, 1.807) is 12.4 Å². The summed E-state index contributed by atoms with van der Waals surface area (Å²) < 4.78 is 0. The van der Waals surface area contributed by atoms with Crippen molar-refractivity contribution in [1.29, 1.82) is 0 Å². The van der Waals surface area contributed by atoms with Crippen molar-refractivity contribution in [2.75, 3.05) is 19.6 Å². The maximum atomic E-state index is 12.5. The maximum absolute atomic E-state index is 12.5. The number of carbonyl (C=O) groups excluding carboxylic acids is 1. The average Bonchev–Trinajstić information content (AvgIpc) is 3.00. The predicted molar refractivity (Wildman–Crippen MR) is 94.2 cm³/mol. The molecule has 0 unspecified atom stereocenters. The summed E-state index contributed by atoms with van der Waals surface area (Å²) in [5.41, 5.74) is 7.53. The molecular weight excluding hydrogens is 335 g/mol. The molecule has 124 valence electrons. The fourth-order valence-corrected chi connectivity index (χ4v) is 2.93. The molecular formula is C16H20Cl2N4O. The van der Waals surface area contributed by atoms with Crippen molar-refractivity contribution in [2.24, 2.45) is 11.7 Å². The van der Waals surface area contributed by atoms with Gasteiger partial charge in [0.05, 0.1) is 6.20 Å². The Labute approximate surface area is 148 Å². The molecule has 2 heterocycles. The first kappa shape index (κ1) is 19.4. The molecule has 5 nitrogen and oxygen atoms in total. The van der Waals surface area contributed by atoms with E-state index in [9.17, 15) is 4.79 Å². The Balaban J connectivity index is 0.00000132. The van der Waals surface area contributed by atoms with Gasteiger partial charge in [-0.15, -0.1) is 24.8 Å². The van der Waals surface area contributed by atoms with Crippen LogP contribution in [0.1, 0.15) is 22.0 Å². The van der Waals surface area contributed by atoms with Crippen molar-refractivity contribution in [1.82, 2.24) is 14.9 Å². The second-order valence-electron chi connectivity index (χ2n) is 5.31. The third-order valence-corrected chi connectivity index (χ3v) is 4.04. The van der Waals surface area contributed by atoms with Gasteiger partial charge in [0.1, 0.15) is 5.69 Å². The lowest BCUT2D eigenvalue weighted by Gasteiger charge is -2.16. The summed E-state index contributed by atoms with van der Waals surface area (Å²) in [4.78, 5) is 22.3. The van der Waals surface area contributed by atoms with Crippen LogP contribution in [0.5, 0.6) is 0 Å². The van der Waals surface area contributed by atoms with Gasteiger partial charge in [0.15, 0.2) is 0 Å². The number of carbonyl (C=O) groups is 1. The van der Waals surface area contributed by atoms with Crippen LogP contribution in [-0.2, 0) is 0 Å². The highest BCUT2D eigenvalue weighted by atomic mass is 35.5. The number of rotatable bonds is 3. The van der Waals surface area contributed by atoms with Gasteiger partial charge in [0.2, 0.25) is 0 Å². The molecule has 0 radical (unpaired) electrons. The average molecular weight is 355 g/mol. The molecule has 1 aromatic heterocycles. The van der Waals surface area contributed by atoms with Crippen LogP contribution in [0.4, 0.5) is 0 Å². The number of nitrogens with zero attached hydrogens (tertiary/aromatic N) is 3. The molecule has 1 fully saturated rings. The summed E-state index contributed by atoms with van der Waals surface area (Å²) in [6, 6.07) is 10.2. The third-order valence-electron chi connectivity index (χ3n) is 4.04. The lowest BCUT2D eigenvalue weighted by atomic mass is 9.89. The summed E-state index contributed by atoms with van der Waals surface area (Å²) in [5.74, 6) is 0.504. The number of aromatic nitrogens is 2. The van der Waals surface area contributed by atoms with E-state index in [0.29, 0.717) is 25.3 Å². The third kappa shape index (κ3) is 4.19. The molecule has 1 saturated heterocycles. The van der Waals surface area contributed by atoms with Gasteiger partial charge in [-0.3, -0.25) is 9.78 Å². The molecule has 2 aromatic rings. The van der Waals surface area contributed by atoms with E-state index in [1.165, 1.54) is 11.8 Å². The van der Waals surface area contributed by atoms with Gasteiger partial charge in [0, 0.05) is 31.4 Å². The van der Waals surface area contributed by atoms with Gasteiger partial charge in [-0.25, -0.2) is 4.98 Å². The quantitative estimate of drug-likeness (QED) is 0.916. The SMILES string of the molecule is Cl.Cl.NC[C@@H]1CN(C(=O)c2cnccn2)C[C@H]1c1ccccc1. The summed E-state index contributed by atoms with van der Waals surface area (Å²) >= 11 is 0. The van der Waals surface area contributed by atoms with Crippen molar-refractivity contribution in [3.63, 3.8) is 0 Å². The number of hydrogen-bond donors (Lipinski definition) is 1. The molecule has 1 aliphatic rings. The minimum Gasteiger partial charge on any atom is -0.336 e. The van der Waals surface area contributed by atoms with Gasteiger partial charge in [-0.2, -0.15) is 0 Å². The van der Waals surface area contributed by atoms with Crippen LogP contribution in [0.3, 0.4) is 0 Å². The van der Waals surface area contributed by atoms with Crippen LogP contribution in [0.15, 0.2) is 48.9 Å². The van der Waals surface area contributed by atoms with E-state index in [-0.39, 0.29) is 42.6 Å². The van der Waals surface area contributed by atoms with Crippen LogP contribution < -0.4 is 5.73 Å². The Bertz CT molecular complexity index is 612. The lowest BCUT2D eigenvalue weighted by Crippen LogP contribution is -2.30. The van der Waals surface area contributed by atoms with Crippen molar-refractivity contribution in [2.45, 2.75) is 5.92 Å². The van der Waals surface area contributed by atoms with E-state index in [4.69, 9.17) is 5.73 Å². The zero-order valence-corrected chi connectivity index (χ0v) is 14.2. The summed E-state index contributed by atoms with van der Waals surface area (Å²) in [5, 5.41) is 0. The molecule has 2 atom stereocenters. The van der Waals surface area contributed by atoms with Gasteiger partial charge in [-0.05, 0) is 18.0 Å². The zero-order valence-electron chi connectivity index (χ0n) is 12.5. The largest absolute Gasteiger partial charge is 0.336 e. The molecule has 0 bridgehead atoms. The van der Waals surface area contributed by atoms with Crippen molar-refractivity contribution in [3.05, 3.63) is 60.2 Å². The minimum atomic E-state index is -0.0695. The summed E-state index contributed by atoms with van der Waals surface area (Å²) in [6.07, 6.45) is 4.62. The number of likely N-dealkylation sites (tertiary alicyclic amines) is 1. The van der Waals surface area contributed by atoms with Crippen LogP contribution in [-0.4, -0.2) is 40.4 Å². The van der Waals surface area contributed by atoms with Crippen molar-refractivity contribution >= 4 is 30.7 Å². The molecule has 2 N–H and O–H groups in total. The normalized spacial score (nSPS) is 19.6. The second-order valence-corrected chi connectivity index (χ2v) is 5.31. The monoisotopic (exact) mass is 354 g/mol. The Morgan fingerprint density at radius 3 is 2.52 bits per heavy atom. The van der Waals surface area contributed by atoms with Crippen LogP contribution in [0.2, 0.25) is 0 Å².